The monoisotopic (exact) mass is 287 g/mol. The molecule has 0 radical (unpaired) electrons. The predicted molar refractivity (Wildman–Crippen MR) is 77.8 cm³/mol. The van der Waals surface area contributed by atoms with E-state index >= 15 is 0 Å². The quantitative estimate of drug-likeness (QED) is 0.655. The van der Waals surface area contributed by atoms with Crippen molar-refractivity contribution in [1.29, 1.82) is 0 Å². The Morgan fingerprint density at radius 1 is 0.944 bits per heavy atom. The first-order chi connectivity index (χ1) is 8.28. The van der Waals surface area contributed by atoms with Crippen molar-refractivity contribution in [2.24, 2.45) is 0 Å². The van der Waals surface area contributed by atoms with Gasteiger partial charge in [-0.2, -0.15) is 17.7 Å². The van der Waals surface area contributed by atoms with E-state index in [1.807, 2.05) is 14.1 Å². The number of nitrogens with one attached hydrogen (secondary N) is 1. The standard InChI is InChI=1S/2C7H9.C2H7N.Fe/c2*1-2-7-5-3-4-6-7;1-3-2;/h2*3-6H,2H2,1H3;3H,1-2H3;/q-5;-1;;. The van der Waals surface area contributed by atoms with Crippen LogP contribution in [-0.2, 0) is 29.9 Å². The molecule has 0 aliphatic rings. The summed E-state index contributed by atoms with van der Waals surface area (Å²) < 4.78 is 0. The van der Waals surface area contributed by atoms with Crippen molar-refractivity contribution < 1.29 is 17.1 Å². The number of aryl methyl sites for hydroxylation is 2. The van der Waals surface area contributed by atoms with Crippen molar-refractivity contribution in [3.8, 4) is 0 Å². The first kappa shape index (κ1) is 19.5. The van der Waals surface area contributed by atoms with Crippen LogP contribution in [0.25, 0.3) is 0 Å². The molecule has 0 unspecified atom stereocenters. The molecule has 0 aromatic heterocycles. The van der Waals surface area contributed by atoms with Crippen LogP contribution in [0.1, 0.15) is 25.0 Å². The maximum Gasteiger partial charge on any atom is 0 e. The molecule has 2 heteroatoms. The maximum absolute atomic E-state index is 2.75. The van der Waals surface area contributed by atoms with Crippen molar-refractivity contribution in [1.82, 2.24) is 5.32 Å². The van der Waals surface area contributed by atoms with Crippen LogP contribution >= 0.6 is 0 Å². The Balaban J connectivity index is 0. The summed E-state index contributed by atoms with van der Waals surface area (Å²) >= 11 is 0. The minimum Gasteiger partial charge on any atom is -0.748 e. The van der Waals surface area contributed by atoms with Crippen LogP contribution in [0.4, 0.5) is 0 Å². The molecule has 18 heavy (non-hydrogen) atoms. The van der Waals surface area contributed by atoms with Gasteiger partial charge in [0.1, 0.15) is 0 Å². The summed E-state index contributed by atoms with van der Waals surface area (Å²) in [6.45, 7) is 4.32. The van der Waals surface area contributed by atoms with Gasteiger partial charge in [0.2, 0.25) is 0 Å². The van der Waals surface area contributed by atoms with Gasteiger partial charge < -0.3 is 35.1 Å². The second kappa shape index (κ2) is 14.2. The van der Waals surface area contributed by atoms with Gasteiger partial charge in [-0.25, -0.2) is 18.6 Å². The molecule has 0 bridgehead atoms. The summed E-state index contributed by atoms with van der Waals surface area (Å²) in [4.78, 5) is 0. The zero-order valence-electron chi connectivity index (χ0n) is 11.9. The van der Waals surface area contributed by atoms with E-state index in [4.69, 9.17) is 0 Å². The van der Waals surface area contributed by atoms with Crippen LogP contribution in [0.5, 0.6) is 0 Å². The summed E-state index contributed by atoms with van der Waals surface area (Å²) in [5.41, 5.74) is 2.86. The molecular formula is C16H25FeN-6. The van der Waals surface area contributed by atoms with E-state index in [1.54, 1.807) is 0 Å². The molecule has 0 saturated carbocycles. The largest absolute Gasteiger partial charge is 0.748 e. The van der Waals surface area contributed by atoms with E-state index < -0.39 is 0 Å². The molecule has 0 heterocycles. The Bertz CT molecular complexity index is 288. The number of hydrogen-bond donors (Lipinski definition) is 1. The first-order valence-electron chi connectivity index (χ1n) is 6.28. The molecule has 0 aliphatic heterocycles. The van der Waals surface area contributed by atoms with Gasteiger partial charge in [0.15, 0.2) is 0 Å². The Labute approximate surface area is 123 Å². The molecule has 1 nitrogen and oxygen atoms in total. The van der Waals surface area contributed by atoms with Crippen molar-refractivity contribution in [2.45, 2.75) is 26.7 Å². The van der Waals surface area contributed by atoms with E-state index in [1.165, 1.54) is 11.1 Å². The molecule has 0 saturated heterocycles. The van der Waals surface area contributed by atoms with Crippen LogP contribution in [0, 0.1) is 0 Å². The maximum atomic E-state index is 2.75. The van der Waals surface area contributed by atoms with Crippen LogP contribution < -0.4 is 5.32 Å². The fourth-order valence-corrected chi connectivity index (χ4v) is 1.30. The smallest absolute Gasteiger partial charge is 0 e. The van der Waals surface area contributed by atoms with Crippen LogP contribution in [0.2, 0.25) is 0 Å². The summed E-state index contributed by atoms with van der Waals surface area (Å²) in [7, 11) is 3.75. The molecule has 2 aromatic carbocycles. The molecule has 0 amide bonds. The van der Waals surface area contributed by atoms with E-state index in [-0.39, 0.29) is 17.1 Å². The van der Waals surface area contributed by atoms with Gasteiger partial charge in [-0.3, -0.25) is 0 Å². The first-order valence-corrected chi connectivity index (χ1v) is 6.28. The summed E-state index contributed by atoms with van der Waals surface area (Å²) in [5, 5.41) is 2.75. The topological polar surface area (TPSA) is 12.0 Å². The third-order valence-electron chi connectivity index (χ3n) is 2.28. The third-order valence-corrected chi connectivity index (χ3v) is 2.28. The Morgan fingerprint density at radius 3 is 1.61 bits per heavy atom. The second-order valence-electron chi connectivity index (χ2n) is 3.79. The fourth-order valence-electron chi connectivity index (χ4n) is 1.30. The van der Waals surface area contributed by atoms with Crippen LogP contribution in [0.3, 0.4) is 0 Å². The van der Waals surface area contributed by atoms with Gasteiger partial charge in [-0.05, 0) is 14.1 Å². The minimum atomic E-state index is 0. The van der Waals surface area contributed by atoms with Crippen molar-refractivity contribution >= 4 is 0 Å². The van der Waals surface area contributed by atoms with Crippen LogP contribution in [-0.4, -0.2) is 14.1 Å². The summed E-state index contributed by atoms with van der Waals surface area (Å²) in [6, 6.07) is 16.8. The Morgan fingerprint density at radius 2 is 1.39 bits per heavy atom. The average Bonchev–Trinajstić information content (AvgIpc) is 3.04. The molecule has 2 rings (SSSR count). The van der Waals surface area contributed by atoms with E-state index in [0.717, 1.165) is 12.8 Å². The Kier molecular flexibility index (Phi) is 15.4. The van der Waals surface area contributed by atoms with Crippen molar-refractivity contribution in [2.75, 3.05) is 14.1 Å². The molecule has 0 atom stereocenters. The van der Waals surface area contributed by atoms with Gasteiger partial charge in [0, 0.05) is 17.1 Å². The Hall–Kier alpha value is -0.821. The van der Waals surface area contributed by atoms with Crippen LogP contribution in [0.15, 0.2) is 48.5 Å². The second-order valence-corrected chi connectivity index (χ2v) is 3.79. The van der Waals surface area contributed by atoms with Crippen molar-refractivity contribution in [3.63, 3.8) is 0 Å². The zero-order chi connectivity index (χ0) is 12.9. The molecule has 0 aliphatic carbocycles. The average molecular weight is 287 g/mol. The van der Waals surface area contributed by atoms with Gasteiger partial charge in [0.25, 0.3) is 0 Å². The molecular weight excluding hydrogens is 262 g/mol. The summed E-state index contributed by atoms with van der Waals surface area (Å²) in [6.07, 6.45) is 2.32. The molecule has 2 aromatic rings. The van der Waals surface area contributed by atoms with E-state index in [2.05, 4.69) is 67.7 Å². The predicted octanol–water partition coefficient (Wildman–Crippen LogP) is 3.77. The van der Waals surface area contributed by atoms with E-state index in [9.17, 15) is 0 Å². The SMILES string of the molecule is CC[c-]1[cH-][cH-][cH-][cH-]1.CC[c-]1cccc1.CNC.[Fe]. The molecule has 0 spiro atoms. The minimum absolute atomic E-state index is 0. The molecule has 1 N–H and O–H groups in total. The van der Waals surface area contributed by atoms with Crippen molar-refractivity contribution in [3.05, 3.63) is 59.7 Å². The van der Waals surface area contributed by atoms with Gasteiger partial charge in [-0.15, -0.1) is 0 Å². The third kappa shape index (κ3) is 10.3. The normalized spacial score (nSPS) is 8.22. The number of hydrogen-bond acceptors (Lipinski definition) is 1. The zero-order valence-corrected chi connectivity index (χ0v) is 13.0. The number of rotatable bonds is 2. The molecule has 108 valence electrons. The van der Waals surface area contributed by atoms with Gasteiger partial charge >= 0.3 is 0 Å². The van der Waals surface area contributed by atoms with Gasteiger partial charge in [0.05, 0.1) is 0 Å². The fraction of sp³-hybridized carbons (Fsp3) is 0.375. The summed E-state index contributed by atoms with van der Waals surface area (Å²) in [5.74, 6) is 0. The molecule has 0 fully saturated rings. The van der Waals surface area contributed by atoms with Gasteiger partial charge in [-0.1, -0.05) is 20.3 Å². The van der Waals surface area contributed by atoms with E-state index in [0.29, 0.717) is 0 Å².